The van der Waals surface area contributed by atoms with Gasteiger partial charge in [0.15, 0.2) is 0 Å². The van der Waals surface area contributed by atoms with Crippen molar-refractivity contribution in [1.29, 1.82) is 0 Å². The van der Waals surface area contributed by atoms with Crippen molar-refractivity contribution < 1.29 is 14.3 Å². The normalized spacial score (nSPS) is 14.5. The monoisotopic (exact) mass is 552 g/mol. The molecule has 0 heterocycles. The Labute approximate surface area is 235 Å². The number of benzene rings is 3. The first-order valence-corrected chi connectivity index (χ1v) is 13.9. The van der Waals surface area contributed by atoms with Crippen LogP contribution >= 0.6 is 23.2 Å². The molecule has 3 aromatic carbocycles. The molecule has 0 unspecified atom stereocenters. The van der Waals surface area contributed by atoms with Gasteiger partial charge in [-0.1, -0.05) is 91.0 Å². The number of carbonyl (C=O) groups excluding carboxylic acids is 2. The van der Waals surface area contributed by atoms with E-state index in [1.807, 2.05) is 60.7 Å². The number of nitrogens with zero attached hydrogens (tertiary/aromatic N) is 1. The fraction of sp³-hybridized carbons (Fsp3) is 0.355. The molecule has 1 N–H and O–H groups in total. The molecular weight excluding hydrogens is 519 g/mol. The lowest BCUT2D eigenvalue weighted by atomic mass is 9.94. The molecule has 1 aliphatic rings. The van der Waals surface area contributed by atoms with Crippen molar-refractivity contribution in [2.75, 3.05) is 7.11 Å². The van der Waals surface area contributed by atoms with Crippen LogP contribution in [0.5, 0.6) is 5.75 Å². The zero-order chi connectivity index (χ0) is 26.9. The van der Waals surface area contributed by atoms with Gasteiger partial charge in [0, 0.05) is 29.1 Å². The van der Waals surface area contributed by atoms with Gasteiger partial charge < -0.3 is 15.0 Å². The lowest BCUT2D eigenvalue weighted by molar-refractivity contribution is -0.141. The number of hydrogen-bond acceptors (Lipinski definition) is 3. The Balaban J connectivity index is 1.66. The summed E-state index contributed by atoms with van der Waals surface area (Å²) in [5.74, 6) is 0.439. The quantitative estimate of drug-likeness (QED) is 0.307. The van der Waals surface area contributed by atoms with Crippen molar-refractivity contribution >= 4 is 35.0 Å². The minimum absolute atomic E-state index is 0.131. The van der Waals surface area contributed by atoms with Gasteiger partial charge in [0.1, 0.15) is 11.8 Å². The zero-order valence-electron chi connectivity index (χ0n) is 21.7. The Kier molecular flexibility index (Phi) is 10.1. The number of methoxy groups -OCH3 is 1. The van der Waals surface area contributed by atoms with Crippen LogP contribution in [0.2, 0.25) is 10.0 Å². The van der Waals surface area contributed by atoms with Crippen molar-refractivity contribution in [3.05, 3.63) is 99.5 Å². The first-order valence-electron chi connectivity index (χ1n) is 13.1. The van der Waals surface area contributed by atoms with E-state index in [9.17, 15) is 9.59 Å². The number of hydrogen-bond donors (Lipinski definition) is 1. The summed E-state index contributed by atoms with van der Waals surface area (Å²) in [6, 6.07) is 21.9. The summed E-state index contributed by atoms with van der Waals surface area (Å²) in [4.78, 5) is 29.4. The Morgan fingerprint density at radius 3 is 2.32 bits per heavy atom. The molecule has 1 aliphatic carbocycles. The Hall–Kier alpha value is -3.02. The number of nitrogens with one attached hydrogen (secondary N) is 1. The molecule has 1 saturated carbocycles. The summed E-state index contributed by atoms with van der Waals surface area (Å²) in [7, 11) is 1.61. The topological polar surface area (TPSA) is 58.6 Å². The highest BCUT2D eigenvalue weighted by Gasteiger charge is 2.32. The van der Waals surface area contributed by atoms with Gasteiger partial charge in [-0.05, 0) is 53.8 Å². The number of carbonyl (C=O) groups is 2. The fourth-order valence-electron chi connectivity index (χ4n) is 4.95. The molecule has 1 fully saturated rings. The second-order valence-corrected chi connectivity index (χ2v) is 10.7. The molecule has 200 valence electrons. The molecule has 4 rings (SSSR count). The summed E-state index contributed by atoms with van der Waals surface area (Å²) >= 11 is 12.7. The van der Waals surface area contributed by atoms with E-state index in [1.54, 1.807) is 24.1 Å². The minimum Gasteiger partial charge on any atom is -0.497 e. The maximum atomic E-state index is 13.9. The lowest BCUT2D eigenvalue weighted by Gasteiger charge is -2.34. The van der Waals surface area contributed by atoms with Crippen molar-refractivity contribution in [3.63, 3.8) is 0 Å². The molecule has 5 nitrogen and oxygen atoms in total. The van der Waals surface area contributed by atoms with E-state index in [-0.39, 0.29) is 30.8 Å². The van der Waals surface area contributed by atoms with E-state index in [2.05, 4.69) is 5.32 Å². The molecule has 0 saturated heterocycles. The highest BCUT2D eigenvalue weighted by atomic mass is 35.5. The highest BCUT2D eigenvalue weighted by Crippen LogP contribution is 2.25. The number of rotatable bonds is 10. The summed E-state index contributed by atoms with van der Waals surface area (Å²) in [6.07, 6.45) is 5.89. The molecule has 3 aromatic rings. The third-order valence-corrected chi connectivity index (χ3v) is 7.68. The maximum absolute atomic E-state index is 13.9. The maximum Gasteiger partial charge on any atom is 0.243 e. The average molecular weight is 554 g/mol. The van der Waals surface area contributed by atoms with E-state index in [0.29, 0.717) is 16.5 Å². The van der Waals surface area contributed by atoms with Crippen molar-refractivity contribution in [1.82, 2.24) is 10.2 Å². The van der Waals surface area contributed by atoms with Gasteiger partial charge in [-0.3, -0.25) is 9.59 Å². The lowest BCUT2D eigenvalue weighted by Crippen LogP contribution is -2.53. The van der Waals surface area contributed by atoms with Crippen LogP contribution in [0.25, 0.3) is 0 Å². The summed E-state index contributed by atoms with van der Waals surface area (Å²) in [6.45, 7) is 0.195. The first kappa shape index (κ1) is 28.0. The minimum atomic E-state index is -0.697. The molecule has 0 aromatic heterocycles. The van der Waals surface area contributed by atoms with Gasteiger partial charge in [0.2, 0.25) is 11.8 Å². The third-order valence-electron chi connectivity index (χ3n) is 7.09. The molecule has 7 heteroatoms. The van der Waals surface area contributed by atoms with Crippen LogP contribution in [-0.4, -0.2) is 35.9 Å². The third kappa shape index (κ3) is 7.75. The smallest absolute Gasteiger partial charge is 0.243 e. The van der Waals surface area contributed by atoms with Crippen LogP contribution in [0, 0.1) is 0 Å². The second-order valence-electron chi connectivity index (χ2n) is 9.83. The fourth-order valence-corrected chi connectivity index (χ4v) is 5.42. The van der Waals surface area contributed by atoms with Gasteiger partial charge in [0.05, 0.1) is 13.5 Å². The Morgan fingerprint density at radius 2 is 1.66 bits per heavy atom. The Morgan fingerprint density at radius 1 is 0.947 bits per heavy atom. The number of ether oxygens (including phenoxy) is 1. The van der Waals surface area contributed by atoms with E-state index < -0.39 is 6.04 Å². The molecule has 1 atom stereocenters. The predicted molar refractivity (Wildman–Crippen MR) is 153 cm³/mol. The van der Waals surface area contributed by atoms with Crippen molar-refractivity contribution in [2.45, 2.75) is 63.6 Å². The zero-order valence-corrected chi connectivity index (χ0v) is 23.2. The number of halogens is 2. The summed E-state index contributed by atoms with van der Waals surface area (Å²) in [5.41, 5.74) is 2.57. The van der Waals surface area contributed by atoms with Crippen LogP contribution in [0.15, 0.2) is 72.8 Å². The van der Waals surface area contributed by atoms with Gasteiger partial charge in [-0.2, -0.15) is 0 Å². The van der Waals surface area contributed by atoms with Gasteiger partial charge in [0.25, 0.3) is 0 Å². The molecule has 0 radical (unpaired) electrons. The van der Waals surface area contributed by atoms with Crippen LogP contribution < -0.4 is 10.1 Å². The van der Waals surface area contributed by atoms with Gasteiger partial charge in [-0.15, -0.1) is 0 Å². The first-order chi connectivity index (χ1) is 18.4. The standard InChI is InChI=1S/C31H34Cl2N2O3/c1-38-27-16-12-23(13-17-27)19-30(36)35(21-24-14-15-25(32)20-28(24)33)29(18-22-8-4-2-5-9-22)31(37)34-26-10-6-3-7-11-26/h2,4-5,8-9,12-17,20,26,29H,3,6-7,10-11,18-19,21H2,1H3,(H,34,37)/t29-/m0/s1. The molecule has 38 heavy (non-hydrogen) atoms. The number of amides is 2. The highest BCUT2D eigenvalue weighted by molar-refractivity contribution is 6.35. The molecule has 0 spiro atoms. The second kappa shape index (κ2) is 13.7. The largest absolute Gasteiger partial charge is 0.497 e. The van der Waals surface area contributed by atoms with Crippen LogP contribution in [0.1, 0.15) is 48.8 Å². The average Bonchev–Trinajstić information content (AvgIpc) is 2.93. The van der Waals surface area contributed by atoms with Gasteiger partial charge >= 0.3 is 0 Å². The molecular formula is C31H34Cl2N2O3. The van der Waals surface area contributed by atoms with Crippen molar-refractivity contribution in [2.24, 2.45) is 0 Å². The molecule has 2 amide bonds. The molecule has 0 aliphatic heterocycles. The van der Waals surface area contributed by atoms with E-state index >= 15 is 0 Å². The van der Waals surface area contributed by atoms with Crippen molar-refractivity contribution in [3.8, 4) is 5.75 Å². The van der Waals surface area contributed by atoms with E-state index in [1.165, 1.54) is 6.42 Å². The SMILES string of the molecule is COc1ccc(CC(=O)N(Cc2ccc(Cl)cc2Cl)[C@@H](Cc2ccccc2)C(=O)NC2CCCCC2)cc1. The predicted octanol–water partition coefficient (Wildman–Crippen LogP) is 6.63. The van der Waals surface area contributed by atoms with Crippen LogP contribution in [0.3, 0.4) is 0 Å². The van der Waals surface area contributed by atoms with Crippen LogP contribution in [0.4, 0.5) is 0 Å². The van der Waals surface area contributed by atoms with E-state index in [0.717, 1.165) is 48.1 Å². The van der Waals surface area contributed by atoms with Gasteiger partial charge in [-0.25, -0.2) is 0 Å². The summed E-state index contributed by atoms with van der Waals surface area (Å²) < 4.78 is 5.26. The summed E-state index contributed by atoms with van der Waals surface area (Å²) in [5, 5.41) is 4.24. The van der Waals surface area contributed by atoms with Crippen LogP contribution in [-0.2, 0) is 29.0 Å². The van der Waals surface area contributed by atoms with E-state index in [4.69, 9.17) is 27.9 Å². The Bertz CT molecular complexity index is 1210. The molecule has 0 bridgehead atoms.